The molecule has 0 radical (unpaired) electrons. The van der Waals surface area contributed by atoms with Crippen molar-refractivity contribution in [3.63, 3.8) is 0 Å². The number of H-pyrrole nitrogens is 1. The van der Waals surface area contributed by atoms with Crippen LogP contribution in [0.15, 0.2) is 40.2 Å². The van der Waals surface area contributed by atoms with Crippen LogP contribution < -0.4 is 0 Å². The molecule has 0 atom stereocenters. The standard InChI is InChI=1S/C13H7BrF3N3S/c14-9-4-3-7(6-8(9)13(15,16)17)11-18-12(20-19-11)10-2-1-5-21-10/h1-6H,(H,18,19,20). The van der Waals surface area contributed by atoms with Crippen LogP contribution in [0.1, 0.15) is 5.56 Å². The Morgan fingerprint density at radius 2 is 2.00 bits per heavy atom. The third kappa shape index (κ3) is 2.86. The van der Waals surface area contributed by atoms with Gasteiger partial charge in [-0.3, -0.25) is 5.10 Å². The predicted molar refractivity (Wildman–Crippen MR) is 77.8 cm³/mol. The number of aromatic amines is 1. The molecule has 1 N–H and O–H groups in total. The van der Waals surface area contributed by atoms with Gasteiger partial charge in [0.05, 0.1) is 10.4 Å². The number of rotatable bonds is 2. The van der Waals surface area contributed by atoms with Crippen molar-refractivity contribution in [2.45, 2.75) is 6.18 Å². The van der Waals surface area contributed by atoms with Gasteiger partial charge < -0.3 is 0 Å². The number of hydrogen-bond acceptors (Lipinski definition) is 3. The number of hydrogen-bond donors (Lipinski definition) is 1. The molecule has 0 fully saturated rings. The summed E-state index contributed by atoms with van der Waals surface area (Å²) in [6.45, 7) is 0. The Kier molecular flexibility index (Phi) is 3.58. The molecule has 0 bridgehead atoms. The Bertz CT molecular complexity index is 765. The molecule has 2 heterocycles. The fourth-order valence-corrected chi connectivity index (χ4v) is 2.93. The molecular formula is C13H7BrF3N3S. The summed E-state index contributed by atoms with van der Waals surface area (Å²) < 4.78 is 38.7. The maximum Gasteiger partial charge on any atom is 0.417 e. The van der Waals surface area contributed by atoms with Gasteiger partial charge in [-0.15, -0.1) is 11.3 Å². The second-order valence-electron chi connectivity index (χ2n) is 4.18. The lowest BCUT2D eigenvalue weighted by Crippen LogP contribution is -2.06. The van der Waals surface area contributed by atoms with E-state index in [-0.39, 0.29) is 10.3 Å². The van der Waals surface area contributed by atoms with E-state index in [2.05, 4.69) is 31.1 Å². The Hall–Kier alpha value is -1.67. The maximum absolute atomic E-state index is 12.9. The van der Waals surface area contributed by atoms with Crippen molar-refractivity contribution < 1.29 is 13.2 Å². The molecule has 108 valence electrons. The normalized spacial score (nSPS) is 11.8. The van der Waals surface area contributed by atoms with Crippen LogP contribution in [0.5, 0.6) is 0 Å². The van der Waals surface area contributed by atoms with E-state index in [0.717, 1.165) is 10.9 Å². The van der Waals surface area contributed by atoms with Crippen LogP contribution >= 0.6 is 27.3 Å². The lowest BCUT2D eigenvalue weighted by molar-refractivity contribution is -0.138. The number of nitrogens with one attached hydrogen (secondary N) is 1. The van der Waals surface area contributed by atoms with Gasteiger partial charge in [-0.1, -0.05) is 22.0 Å². The van der Waals surface area contributed by atoms with E-state index in [9.17, 15) is 13.2 Å². The van der Waals surface area contributed by atoms with Gasteiger partial charge in [-0.25, -0.2) is 4.98 Å². The summed E-state index contributed by atoms with van der Waals surface area (Å²) in [6, 6.07) is 7.65. The molecule has 0 aliphatic carbocycles. The van der Waals surface area contributed by atoms with E-state index in [1.807, 2.05) is 17.5 Å². The van der Waals surface area contributed by atoms with Gasteiger partial charge in [-0.2, -0.15) is 18.3 Å². The summed E-state index contributed by atoms with van der Waals surface area (Å²) in [7, 11) is 0. The average Bonchev–Trinajstić information content (AvgIpc) is 3.09. The minimum Gasteiger partial charge on any atom is -0.258 e. The molecule has 21 heavy (non-hydrogen) atoms. The van der Waals surface area contributed by atoms with Crippen molar-refractivity contribution >= 4 is 27.3 Å². The third-order valence-electron chi connectivity index (χ3n) is 2.77. The molecule has 0 unspecified atom stereocenters. The van der Waals surface area contributed by atoms with Crippen molar-refractivity contribution in [1.29, 1.82) is 0 Å². The number of nitrogens with zero attached hydrogens (tertiary/aromatic N) is 2. The van der Waals surface area contributed by atoms with Crippen LogP contribution in [0, 0.1) is 0 Å². The minimum absolute atomic E-state index is 0.00670. The molecule has 0 spiro atoms. The van der Waals surface area contributed by atoms with E-state index in [4.69, 9.17) is 0 Å². The van der Waals surface area contributed by atoms with Gasteiger partial charge in [0, 0.05) is 10.0 Å². The van der Waals surface area contributed by atoms with E-state index in [1.165, 1.54) is 17.4 Å². The molecule has 3 rings (SSSR count). The van der Waals surface area contributed by atoms with Crippen LogP contribution in [-0.2, 0) is 6.18 Å². The average molecular weight is 374 g/mol. The van der Waals surface area contributed by atoms with Crippen LogP contribution in [0.25, 0.3) is 22.1 Å². The van der Waals surface area contributed by atoms with Gasteiger partial charge in [-0.05, 0) is 29.6 Å². The molecule has 8 heteroatoms. The fraction of sp³-hybridized carbons (Fsp3) is 0.0769. The predicted octanol–water partition coefficient (Wildman–Crippen LogP) is 4.98. The monoisotopic (exact) mass is 373 g/mol. The first kappa shape index (κ1) is 14.3. The smallest absolute Gasteiger partial charge is 0.258 e. The van der Waals surface area contributed by atoms with E-state index >= 15 is 0 Å². The molecule has 0 aliphatic heterocycles. The molecule has 0 saturated carbocycles. The largest absolute Gasteiger partial charge is 0.417 e. The molecular weight excluding hydrogens is 367 g/mol. The first-order valence-electron chi connectivity index (χ1n) is 5.78. The number of benzene rings is 1. The fourth-order valence-electron chi connectivity index (χ4n) is 1.80. The first-order chi connectivity index (χ1) is 9.95. The van der Waals surface area contributed by atoms with E-state index in [1.54, 1.807) is 6.07 Å². The number of thiophene rings is 1. The summed E-state index contributed by atoms with van der Waals surface area (Å²) >= 11 is 4.38. The van der Waals surface area contributed by atoms with Crippen molar-refractivity contribution in [3.05, 3.63) is 45.7 Å². The van der Waals surface area contributed by atoms with Gasteiger partial charge in [0.2, 0.25) is 0 Å². The zero-order valence-electron chi connectivity index (χ0n) is 10.3. The minimum atomic E-state index is -4.43. The van der Waals surface area contributed by atoms with Crippen molar-refractivity contribution in [3.8, 4) is 22.1 Å². The second kappa shape index (κ2) is 5.27. The van der Waals surface area contributed by atoms with Crippen LogP contribution in [0.3, 0.4) is 0 Å². The molecule has 1 aromatic carbocycles. The van der Waals surface area contributed by atoms with E-state index < -0.39 is 11.7 Å². The van der Waals surface area contributed by atoms with Crippen LogP contribution in [0.2, 0.25) is 0 Å². The van der Waals surface area contributed by atoms with Crippen LogP contribution in [-0.4, -0.2) is 15.2 Å². The highest BCUT2D eigenvalue weighted by atomic mass is 79.9. The lowest BCUT2D eigenvalue weighted by atomic mass is 10.1. The lowest BCUT2D eigenvalue weighted by Gasteiger charge is -2.09. The summed E-state index contributed by atoms with van der Waals surface area (Å²) in [4.78, 5) is 5.11. The number of alkyl halides is 3. The third-order valence-corrected chi connectivity index (χ3v) is 4.34. The Labute approximate surface area is 130 Å². The highest BCUT2D eigenvalue weighted by Gasteiger charge is 2.33. The maximum atomic E-state index is 12.9. The van der Waals surface area contributed by atoms with Crippen molar-refractivity contribution in [2.24, 2.45) is 0 Å². The topological polar surface area (TPSA) is 41.6 Å². The Balaban J connectivity index is 2.02. The molecule has 3 nitrogen and oxygen atoms in total. The Morgan fingerprint density at radius 1 is 1.19 bits per heavy atom. The molecule has 0 amide bonds. The summed E-state index contributed by atoms with van der Waals surface area (Å²) in [5, 5.41) is 8.61. The van der Waals surface area contributed by atoms with Crippen molar-refractivity contribution in [2.75, 3.05) is 0 Å². The molecule has 0 saturated heterocycles. The van der Waals surface area contributed by atoms with E-state index in [0.29, 0.717) is 11.4 Å². The quantitative estimate of drug-likeness (QED) is 0.687. The summed E-state index contributed by atoms with van der Waals surface area (Å²) in [5.74, 6) is 0.771. The van der Waals surface area contributed by atoms with Gasteiger partial charge in [0.25, 0.3) is 0 Å². The molecule has 2 aromatic heterocycles. The first-order valence-corrected chi connectivity index (χ1v) is 7.46. The van der Waals surface area contributed by atoms with Crippen LogP contribution in [0.4, 0.5) is 13.2 Å². The SMILES string of the molecule is FC(F)(F)c1cc(-c2n[nH]c(-c3cccs3)n2)ccc1Br. The molecule has 3 aromatic rings. The van der Waals surface area contributed by atoms with Crippen molar-refractivity contribution in [1.82, 2.24) is 15.2 Å². The summed E-state index contributed by atoms with van der Waals surface area (Å²) in [5.41, 5.74) is -0.438. The number of aromatic nitrogens is 3. The second-order valence-corrected chi connectivity index (χ2v) is 5.98. The Morgan fingerprint density at radius 3 is 2.67 bits per heavy atom. The van der Waals surface area contributed by atoms with Gasteiger partial charge in [0.1, 0.15) is 0 Å². The summed E-state index contributed by atoms with van der Waals surface area (Å²) in [6.07, 6.45) is -4.43. The van der Waals surface area contributed by atoms with Gasteiger partial charge in [0.15, 0.2) is 11.6 Å². The zero-order valence-corrected chi connectivity index (χ0v) is 12.7. The zero-order chi connectivity index (χ0) is 15.0. The molecule has 0 aliphatic rings. The highest BCUT2D eigenvalue weighted by molar-refractivity contribution is 9.10. The highest BCUT2D eigenvalue weighted by Crippen LogP contribution is 2.37. The van der Waals surface area contributed by atoms with Gasteiger partial charge >= 0.3 is 6.18 Å². The number of halogens is 4.